The fraction of sp³-hybridized carbons (Fsp3) is 0.889. The first kappa shape index (κ1) is 22.9. The highest BCUT2D eigenvalue weighted by atomic mass is 16.2. The number of carbonyl (C=O) groups is 2. The van der Waals surface area contributed by atoms with E-state index in [0.29, 0.717) is 12.8 Å². The molecule has 0 spiro atoms. The second-order valence-corrected chi connectivity index (χ2v) is 6.46. The van der Waals surface area contributed by atoms with Crippen LogP contribution in [0.5, 0.6) is 0 Å². The number of hydrogen-bond donors (Lipinski definition) is 3. The number of nitrogens with zero attached hydrogens (tertiary/aromatic N) is 1. The number of rotatable bonds is 10. The summed E-state index contributed by atoms with van der Waals surface area (Å²) < 4.78 is 0. The summed E-state index contributed by atoms with van der Waals surface area (Å²) in [6, 6.07) is 0. The Hall–Kier alpha value is -1.14. The average Bonchev–Trinajstić information content (AvgIpc) is 2.85. The SMILES string of the molecule is NC(=O)CCCCC(=O)N1CCCCCC1.NCCCCCCN. The minimum atomic E-state index is -0.276. The zero-order valence-corrected chi connectivity index (χ0v) is 15.3. The second-order valence-electron chi connectivity index (χ2n) is 6.46. The van der Waals surface area contributed by atoms with Gasteiger partial charge < -0.3 is 22.1 Å². The van der Waals surface area contributed by atoms with Gasteiger partial charge >= 0.3 is 0 Å². The van der Waals surface area contributed by atoms with E-state index in [-0.39, 0.29) is 11.8 Å². The molecule has 0 aromatic heterocycles. The molecule has 6 N–H and O–H groups in total. The third-order valence-corrected chi connectivity index (χ3v) is 4.18. The number of nitrogens with two attached hydrogens (primary N) is 3. The summed E-state index contributed by atoms with van der Waals surface area (Å²) in [6.45, 7) is 3.47. The lowest BCUT2D eigenvalue weighted by Gasteiger charge is -2.20. The van der Waals surface area contributed by atoms with Crippen molar-refractivity contribution >= 4 is 11.8 Å². The lowest BCUT2D eigenvalue weighted by atomic mass is 10.1. The molecule has 1 heterocycles. The molecule has 0 saturated carbocycles. The molecule has 0 radical (unpaired) electrons. The number of amides is 2. The standard InChI is InChI=1S/C12H22N2O2.C6H16N2/c13-11(15)7-3-4-8-12(16)14-9-5-1-2-6-10-14;7-5-3-1-2-4-6-8/h1-10H2,(H2,13,15);1-8H2. The van der Waals surface area contributed by atoms with Gasteiger partial charge in [0.05, 0.1) is 0 Å². The highest BCUT2D eigenvalue weighted by molar-refractivity contribution is 5.76. The highest BCUT2D eigenvalue weighted by Gasteiger charge is 2.14. The smallest absolute Gasteiger partial charge is 0.222 e. The summed E-state index contributed by atoms with van der Waals surface area (Å²) in [5, 5.41) is 0. The van der Waals surface area contributed by atoms with E-state index in [4.69, 9.17) is 17.2 Å². The van der Waals surface area contributed by atoms with Crippen LogP contribution in [0, 0.1) is 0 Å². The molecule has 0 atom stereocenters. The molecule has 0 unspecified atom stereocenters. The molecule has 1 fully saturated rings. The molecular weight excluding hydrogens is 304 g/mol. The van der Waals surface area contributed by atoms with Gasteiger partial charge in [0, 0.05) is 25.9 Å². The van der Waals surface area contributed by atoms with Gasteiger partial charge in [-0.2, -0.15) is 0 Å². The van der Waals surface area contributed by atoms with E-state index in [1.165, 1.54) is 25.7 Å². The number of primary amides is 1. The van der Waals surface area contributed by atoms with Crippen molar-refractivity contribution in [1.29, 1.82) is 0 Å². The van der Waals surface area contributed by atoms with Crippen LogP contribution in [-0.2, 0) is 9.59 Å². The van der Waals surface area contributed by atoms with Gasteiger partial charge in [0.1, 0.15) is 0 Å². The van der Waals surface area contributed by atoms with Crippen LogP contribution in [0.3, 0.4) is 0 Å². The molecule has 1 aliphatic heterocycles. The third-order valence-electron chi connectivity index (χ3n) is 4.18. The maximum absolute atomic E-state index is 11.8. The van der Waals surface area contributed by atoms with E-state index in [1.54, 1.807) is 0 Å². The summed E-state index contributed by atoms with van der Waals surface area (Å²) in [4.78, 5) is 24.3. The summed E-state index contributed by atoms with van der Waals surface area (Å²) >= 11 is 0. The monoisotopic (exact) mass is 342 g/mol. The maximum atomic E-state index is 11.8. The Morgan fingerprint density at radius 1 is 0.708 bits per heavy atom. The fourth-order valence-electron chi connectivity index (χ4n) is 2.70. The fourth-order valence-corrected chi connectivity index (χ4v) is 2.70. The van der Waals surface area contributed by atoms with Gasteiger partial charge in [-0.1, -0.05) is 25.7 Å². The number of unbranched alkanes of at least 4 members (excludes halogenated alkanes) is 4. The first-order valence-corrected chi connectivity index (χ1v) is 9.58. The summed E-state index contributed by atoms with van der Waals surface area (Å²) in [6.07, 6.45) is 12.0. The van der Waals surface area contributed by atoms with Gasteiger partial charge in [-0.05, 0) is 51.6 Å². The molecule has 1 aliphatic rings. The largest absolute Gasteiger partial charge is 0.370 e. The van der Waals surface area contributed by atoms with Crippen molar-refractivity contribution in [3.05, 3.63) is 0 Å². The van der Waals surface area contributed by atoms with Gasteiger partial charge in [0.2, 0.25) is 11.8 Å². The minimum absolute atomic E-state index is 0.242. The van der Waals surface area contributed by atoms with Crippen LogP contribution in [0.4, 0.5) is 0 Å². The third kappa shape index (κ3) is 14.5. The Morgan fingerprint density at radius 3 is 1.67 bits per heavy atom. The van der Waals surface area contributed by atoms with Gasteiger partial charge in [0.15, 0.2) is 0 Å². The van der Waals surface area contributed by atoms with Crippen molar-refractivity contribution in [2.75, 3.05) is 26.2 Å². The zero-order chi connectivity index (χ0) is 18.0. The van der Waals surface area contributed by atoms with Crippen molar-refractivity contribution in [3.63, 3.8) is 0 Å². The van der Waals surface area contributed by atoms with E-state index in [0.717, 1.165) is 64.7 Å². The van der Waals surface area contributed by atoms with Gasteiger partial charge in [-0.25, -0.2) is 0 Å². The van der Waals surface area contributed by atoms with Gasteiger partial charge in [0.25, 0.3) is 0 Å². The van der Waals surface area contributed by atoms with E-state index in [1.807, 2.05) is 4.90 Å². The Labute approximate surface area is 147 Å². The van der Waals surface area contributed by atoms with Crippen LogP contribution >= 0.6 is 0 Å². The Bertz CT molecular complexity index is 310. The topological polar surface area (TPSA) is 115 Å². The molecule has 0 bridgehead atoms. The first-order chi connectivity index (χ1) is 11.6. The molecule has 1 rings (SSSR count). The first-order valence-electron chi connectivity index (χ1n) is 9.58. The predicted octanol–water partition coefficient (Wildman–Crippen LogP) is 1.90. The molecule has 24 heavy (non-hydrogen) atoms. The second kappa shape index (κ2) is 16.7. The van der Waals surface area contributed by atoms with Crippen LogP contribution in [0.15, 0.2) is 0 Å². The van der Waals surface area contributed by atoms with Crippen molar-refractivity contribution in [2.24, 2.45) is 17.2 Å². The molecule has 0 aromatic rings. The molecule has 142 valence electrons. The van der Waals surface area contributed by atoms with Crippen LogP contribution < -0.4 is 17.2 Å². The molecular formula is C18H38N4O2. The minimum Gasteiger partial charge on any atom is -0.370 e. The molecule has 0 aromatic carbocycles. The van der Waals surface area contributed by atoms with Gasteiger partial charge in [-0.15, -0.1) is 0 Å². The van der Waals surface area contributed by atoms with Crippen molar-refractivity contribution in [2.45, 2.75) is 77.0 Å². The lowest BCUT2D eigenvalue weighted by Crippen LogP contribution is -2.31. The van der Waals surface area contributed by atoms with Crippen LogP contribution in [0.25, 0.3) is 0 Å². The highest BCUT2D eigenvalue weighted by Crippen LogP contribution is 2.12. The zero-order valence-electron chi connectivity index (χ0n) is 15.3. The molecule has 0 aliphatic carbocycles. The average molecular weight is 343 g/mol. The summed E-state index contributed by atoms with van der Waals surface area (Å²) in [5.74, 6) is -0.0337. The van der Waals surface area contributed by atoms with Crippen molar-refractivity contribution in [3.8, 4) is 0 Å². The summed E-state index contributed by atoms with van der Waals surface area (Å²) in [5.41, 5.74) is 15.6. The predicted molar refractivity (Wildman–Crippen MR) is 99.3 cm³/mol. The molecule has 2 amide bonds. The van der Waals surface area contributed by atoms with E-state index in [2.05, 4.69) is 0 Å². The van der Waals surface area contributed by atoms with Crippen molar-refractivity contribution in [1.82, 2.24) is 4.90 Å². The normalized spacial score (nSPS) is 14.5. The number of hydrogen-bond acceptors (Lipinski definition) is 4. The number of likely N-dealkylation sites (tertiary alicyclic amines) is 1. The van der Waals surface area contributed by atoms with E-state index < -0.39 is 0 Å². The lowest BCUT2D eigenvalue weighted by molar-refractivity contribution is -0.131. The Kier molecular flexibility index (Phi) is 15.9. The Morgan fingerprint density at radius 2 is 1.21 bits per heavy atom. The van der Waals surface area contributed by atoms with Crippen molar-refractivity contribution < 1.29 is 9.59 Å². The van der Waals surface area contributed by atoms with E-state index in [9.17, 15) is 9.59 Å². The van der Waals surface area contributed by atoms with Gasteiger partial charge in [-0.3, -0.25) is 9.59 Å². The molecule has 6 nitrogen and oxygen atoms in total. The quantitative estimate of drug-likeness (QED) is 0.526. The molecule has 1 saturated heterocycles. The maximum Gasteiger partial charge on any atom is 0.222 e. The van der Waals surface area contributed by atoms with E-state index >= 15 is 0 Å². The molecule has 6 heteroatoms. The van der Waals surface area contributed by atoms with Crippen LogP contribution in [0.1, 0.15) is 77.0 Å². The van der Waals surface area contributed by atoms with Crippen LogP contribution in [0.2, 0.25) is 0 Å². The van der Waals surface area contributed by atoms with Crippen LogP contribution in [-0.4, -0.2) is 42.9 Å². The Balaban J connectivity index is 0.000000561. The summed E-state index contributed by atoms with van der Waals surface area (Å²) in [7, 11) is 0. The number of carbonyl (C=O) groups excluding carboxylic acids is 2.